The highest BCUT2D eigenvalue weighted by Gasteiger charge is 2.17. The molecule has 0 saturated carbocycles. The second kappa shape index (κ2) is 5.18. The van der Waals surface area contributed by atoms with Crippen LogP contribution in [-0.2, 0) is 19.1 Å². The summed E-state index contributed by atoms with van der Waals surface area (Å²) in [4.78, 5) is -0.429. The van der Waals surface area contributed by atoms with Crippen molar-refractivity contribution >= 4 is 29.8 Å². The van der Waals surface area contributed by atoms with Gasteiger partial charge in [-0.3, -0.25) is 0 Å². The van der Waals surface area contributed by atoms with Gasteiger partial charge in [-0.05, 0) is 18.2 Å². The van der Waals surface area contributed by atoms with E-state index in [0.29, 0.717) is 0 Å². The lowest BCUT2D eigenvalue weighted by Gasteiger charge is -2.05. The van der Waals surface area contributed by atoms with E-state index >= 15 is 0 Å². The molecule has 94 valence electrons. The number of hydrogen-bond donors (Lipinski definition) is 1. The van der Waals surface area contributed by atoms with E-state index in [1.807, 2.05) is 0 Å². The van der Waals surface area contributed by atoms with Crippen LogP contribution in [0.1, 0.15) is 0 Å². The molecule has 1 aromatic rings. The minimum atomic E-state index is -3.95. The Kier molecular flexibility index (Phi) is 4.31. The monoisotopic (exact) mass is 295 g/mol. The zero-order valence-electron chi connectivity index (χ0n) is 8.63. The van der Waals surface area contributed by atoms with Crippen molar-refractivity contribution in [3.8, 4) is 0 Å². The van der Waals surface area contributed by atoms with Crippen molar-refractivity contribution in [3.63, 3.8) is 0 Å². The van der Waals surface area contributed by atoms with Gasteiger partial charge < -0.3 is 0 Å². The Morgan fingerprint density at radius 1 is 1.24 bits per heavy atom. The Balaban J connectivity index is 3.21. The normalized spacial score (nSPS) is 12.3. The van der Waals surface area contributed by atoms with E-state index in [0.717, 1.165) is 6.07 Å². The van der Waals surface area contributed by atoms with E-state index in [4.69, 9.17) is 10.7 Å². The molecule has 17 heavy (non-hydrogen) atoms. The number of hydrogen-bond acceptors (Lipinski definition) is 4. The molecule has 0 spiro atoms. The first-order valence-corrected chi connectivity index (χ1v) is 8.22. The second-order valence-electron chi connectivity index (χ2n) is 3.05. The van der Waals surface area contributed by atoms with Crippen LogP contribution in [0.2, 0.25) is 0 Å². The molecule has 5 nitrogen and oxygen atoms in total. The molecule has 0 bridgehead atoms. The summed E-state index contributed by atoms with van der Waals surface area (Å²) in [5, 5.41) is 0. The Morgan fingerprint density at radius 3 is 2.35 bits per heavy atom. The third-order valence-electron chi connectivity index (χ3n) is 1.82. The smallest absolute Gasteiger partial charge is 0.207 e. The van der Waals surface area contributed by atoms with E-state index in [2.05, 4.69) is 11.3 Å². The maximum atomic E-state index is 11.7. The fraction of sp³-hybridized carbons (Fsp3) is 0.111. The van der Waals surface area contributed by atoms with Crippen molar-refractivity contribution < 1.29 is 16.8 Å². The van der Waals surface area contributed by atoms with E-state index in [1.165, 1.54) is 24.3 Å². The first-order valence-electron chi connectivity index (χ1n) is 4.42. The number of benzene rings is 1. The van der Waals surface area contributed by atoms with Gasteiger partial charge in [0.05, 0.1) is 9.79 Å². The van der Waals surface area contributed by atoms with Crippen LogP contribution >= 0.6 is 10.7 Å². The van der Waals surface area contributed by atoms with E-state index in [9.17, 15) is 16.8 Å². The van der Waals surface area contributed by atoms with Gasteiger partial charge in [-0.1, -0.05) is 12.1 Å². The molecule has 0 aliphatic carbocycles. The predicted molar refractivity (Wildman–Crippen MR) is 64.9 cm³/mol. The fourth-order valence-electron chi connectivity index (χ4n) is 1.05. The summed E-state index contributed by atoms with van der Waals surface area (Å²) in [7, 11) is -2.57. The minimum absolute atomic E-state index is 0.0557. The first-order chi connectivity index (χ1) is 7.77. The van der Waals surface area contributed by atoms with Gasteiger partial charge in [0.25, 0.3) is 9.05 Å². The molecule has 8 heteroatoms. The predicted octanol–water partition coefficient (Wildman–Crippen LogP) is 1.08. The Hall–Kier alpha value is -0.890. The zero-order valence-corrected chi connectivity index (χ0v) is 11.0. The maximum Gasteiger partial charge on any atom is 0.261 e. The topological polar surface area (TPSA) is 80.3 Å². The van der Waals surface area contributed by atoms with Crippen LogP contribution < -0.4 is 4.72 Å². The average Bonchev–Trinajstić information content (AvgIpc) is 2.25. The molecule has 1 rings (SSSR count). The highest BCUT2D eigenvalue weighted by atomic mass is 35.7. The lowest BCUT2D eigenvalue weighted by Crippen LogP contribution is -2.23. The van der Waals surface area contributed by atoms with Crippen molar-refractivity contribution in [2.24, 2.45) is 0 Å². The van der Waals surface area contributed by atoms with Crippen molar-refractivity contribution in [2.75, 3.05) is 6.54 Å². The Labute approximate surface area is 105 Å². The third kappa shape index (κ3) is 3.81. The number of halogens is 1. The number of sulfonamides is 1. The lowest BCUT2D eigenvalue weighted by atomic mass is 10.4. The molecule has 0 atom stereocenters. The summed E-state index contributed by atoms with van der Waals surface area (Å²) in [6, 6.07) is 4.79. The van der Waals surface area contributed by atoms with Crippen LogP contribution in [0.15, 0.2) is 46.7 Å². The van der Waals surface area contributed by atoms with Gasteiger partial charge in [-0.15, -0.1) is 6.58 Å². The zero-order chi connectivity index (χ0) is 13.1. The molecule has 0 radical (unpaired) electrons. The molecule has 0 aliphatic heterocycles. The molecule has 1 N–H and O–H groups in total. The van der Waals surface area contributed by atoms with Crippen LogP contribution in [0.3, 0.4) is 0 Å². The van der Waals surface area contributed by atoms with Crippen molar-refractivity contribution in [3.05, 3.63) is 36.9 Å². The maximum absolute atomic E-state index is 11.7. The van der Waals surface area contributed by atoms with Gasteiger partial charge in [-0.2, -0.15) is 0 Å². The van der Waals surface area contributed by atoms with Crippen LogP contribution in [0, 0.1) is 0 Å². The molecule has 0 fully saturated rings. The summed E-state index contributed by atoms with van der Waals surface area (Å²) in [5.41, 5.74) is 0. The van der Waals surface area contributed by atoms with Crippen molar-refractivity contribution in [2.45, 2.75) is 9.79 Å². The quantitative estimate of drug-likeness (QED) is 0.651. The summed E-state index contributed by atoms with van der Waals surface area (Å²) < 4.78 is 47.7. The summed E-state index contributed by atoms with van der Waals surface area (Å²) in [6.07, 6.45) is 1.37. The summed E-state index contributed by atoms with van der Waals surface area (Å²) in [5.74, 6) is 0. The van der Waals surface area contributed by atoms with E-state index in [-0.39, 0.29) is 16.3 Å². The lowest BCUT2D eigenvalue weighted by molar-refractivity contribution is 0.585. The first kappa shape index (κ1) is 14.2. The van der Waals surface area contributed by atoms with Gasteiger partial charge >= 0.3 is 0 Å². The summed E-state index contributed by atoms with van der Waals surface area (Å²) >= 11 is 0. The molecular formula is C9H10ClNO4S2. The number of rotatable bonds is 5. The Morgan fingerprint density at radius 2 is 1.82 bits per heavy atom. The third-order valence-corrected chi connectivity index (χ3v) is 4.59. The SMILES string of the molecule is C=CCNS(=O)(=O)c1cccc(S(=O)(=O)Cl)c1. The number of nitrogens with one attached hydrogen (secondary N) is 1. The standard InChI is InChI=1S/C9H10ClNO4S2/c1-2-6-11-17(14,15)9-5-3-4-8(7-9)16(10,12)13/h2-5,7,11H,1,6H2. The second-order valence-corrected chi connectivity index (χ2v) is 7.39. The van der Waals surface area contributed by atoms with Gasteiger partial charge in [-0.25, -0.2) is 21.6 Å². The van der Waals surface area contributed by atoms with Crippen molar-refractivity contribution in [1.29, 1.82) is 0 Å². The molecule has 0 amide bonds. The van der Waals surface area contributed by atoms with Gasteiger partial charge in [0.1, 0.15) is 0 Å². The Bertz CT molecular complexity index is 622. The molecular weight excluding hydrogens is 286 g/mol. The van der Waals surface area contributed by atoms with Crippen LogP contribution in [-0.4, -0.2) is 23.4 Å². The molecule has 0 aliphatic rings. The summed E-state index contributed by atoms with van der Waals surface area (Å²) in [6.45, 7) is 3.43. The van der Waals surface area contributed by atoms with Gasteiger partial charge in [0.2, 0.25) is 10.0 Å². The largest absolute Gasteiger partial charge is 0.261 e. The van der Waals surface area contributed by atoms with Crippen LogP contribution in [0.5, 0.6) is 0 Å². The van der Waals surface area contributed by atoms with Gasteiger partial charge in [0, 0.05) is 17.2 Å². The minimum Gasteiger partial charge on any atom is -0.207 e. The average molecular weight is 296 g/mol. The fourth-order valence-corrected chi connectivity index (χ4v) is 2.96. The van der Waals surface area contributed by atoms with Crippen molar-refractivity contribution in [1.82, 2.24) is 4.72 Å². The van der Waals surface area contributed by atoms with E-state index < -0.39 is 19.1 Å². The molecule has 0 heterocycles. The highest BCUT2D eigenvalue weighted by molar-refractivity contribution is 8.13. The highest BCUT2D eigenvalue weighted by Crippen LogP contribution is 2.18. The van der Waals surface area contributed by atoms with Crippen LogP contribution in [0.25, 0.3) is 0 Å². The molecule has 0 saturated heterocycles. The molecule has 0 unspecified atom stereocenters. The van der Waals surface area contributed by atoms with Crippen LogP contribution in [0.4, 0.5) is 0 Å². The molecule has 1 aromatic carbocycles. The van der Waals surface area contributed by atoms with Gasteiger partial charge in [0.15, 0.2) is 0 Å². The van der Waals surface area contributed by atoms with E-state index in [1.54, 1.807) is 0 Å². The molecule has 0 aromatic heterocycles.